The minimum atomic E-state index is 1.10. The Balaban J connectivity index is 2.25. The first kappa shape index (κ1) is 14.5. The number of aliphatic imine (C=N–C) groups is 1. The van der Waals surface area contributed by atoms with Crippen LogP contribution in [0.15, 0.2) is 47.5 Å². The van der Waals surface area contributed by atoms with Gasteiger partial charge in [0.1, 0.15) is 0 Å². The molecule has 104 valence electrons. The number of unbranched alkanes of at least 4 members (excludes halogenated alkanes) is 1. The quantitative estimate of drug-likeness (QED) is 0.642. The molecule has 0 amide bonds. The first-order valence-electron chi connectivity index (χ1n) is 7.40. The Hall–Kier alpha value is -1.89. The van der Waals surface area contributed by atoms with Crippen LogP contribution in [-0.4, -0.2) is 6.21 Å². The first-order valence-corrected chi connectivity index (χ1v) is 7.40. The van der Waals surface area contributed by atoms with E-state index in [0.717, 1.165) is 12.1 Å². The summed E-state index contributed by atoms with van der Waals surface area (Å²) >= 11 is 0. The molecule has 0 fully saturated rings. The molecule has 0 N–H and O–H groups in total. The van der Waals surface area contributed by atoms with Gasteiger partial charge in [-0.3, -0.25) is 4.99 Å². The van der Waals surface area contributed by atoms with Crippen molar-refractivity contribution in [2.24, 2.45) is 4.99 Å². The van der Waals surface area contributed by atoms with Crippen LogP contribution in [0.25, 0.3) is 0 Å². The van der Waals surface area contributed by atoms with Crippen LogP contribution in [0.4, 0.5) is 5.69 Å². The molecule has 0 aromatic heterocycles. The minimum absolute atomic E-state index is 1.10. The Morgan fingerprint density at radius 3 is 2.60 bits per heavy atom. The predicted molar refractivity (Wildman–Crippen MR) is 88.2 cm³/mol. The van der Waals surface area contributed by atoms with Gasteiger partial charge in [-0.2, -0.15) is 0 Å². The van der Waals surface area contributed by atoms with Crippen molar-refractivity contribution in [3.63, 3.8) is 0 Å². The van der Waals surface area contributed by atoms with Crippen LogP contribution >= 0.6 is 0 Å². The fraction of sp³-hybridized carbons (Fsp3) is 0.316. The standard InChI is InChI=1S/C19H23N/c1-4-5-10-17-11-6-7-13-19(17)20-14-18-12-8-9-15(2)16(18)3/h6-9,11-14H,4-5,10H2,1-3H3/b20-14+. The molecule has 0 saturated carbocycles. The molecule has 0 bridgehead atoms. The lowest BCUT2D eigenvalue weighted by molar-refractivity contribution is 0.795. The largest absolute Gasteiger partial charge is 0.256 e. The molecule has 1 nitrogen and oxygen atoms in total. The van der Waals surface area contributed by atoms with E-state index in [0.29, 0.717) is 0 Å². The van der Waals surface area contributed by atoms with Crippen molar-refractivity contribution in [1.29, 1.82) is 0 Å². The molecular weight excluding hydrogens is 242 g/mol. The van der Waals surface area contributed by atoms with Gasteiger partial charge < -0.3 is 0 Å². The van der Waals surface area contributed by atoms with E-state index in [1.54, 1.807) is 0 Å². The van der Waals surface area contributed by atoms with Gasteiger partial charge in [-0.15, -0.1) is 0 Å². The topological polar surface area (TPSA) is 12.4 Å². The highest BCUT2D eigenvalue weighted by molar-refractivity contribution is 5.84. The molecule has 0 radical (unpaired) electrons. The number of rotatable bonds is 5. The molecule has 0 unspecified atom stereocenters. The van der Waals surface area contributed by atoms with Crippen molar-refractivity contribution >= 4 is 11.9 Å². The lowest BCUT2D eigenvalue weighted by Gasteiger charge is -2.06. The van der Waals surface area contributed by atoms with Gasteiger partial charge in [0, 0.05) is 6.21 Å². The number of hydrogen-bond donors (Lipinski definition) is 0. The van der Waals surface area contributed by atoms with Gasteiger partial charge in [0.15, 0.2) is 0 Å². The summed E-state index contributed by atoms with van der Waals surface area (Å²) in [7, 11) is 0. The maximum atomic E-state index is 4.71. The molecule has 0 aliphatic rings. The minimum Gasteiger partial charge on any atom is -0.256 e. The monoisotopic (exact) mass is 265 g/mol. The molecule has 0 saturated heterocycles. The van der Waals surface area contributed by atoms with E-state index in [1.807, 2.05) is 6.21 Å². The van der Waals surface area contributed by atoms with Crippen molar-refractivity contribution in [3.8, 4) is 0 Å². The Morgan fingerprint density at radius 2 is 1.80 bits per heavy atom. The highest BCUT2D eigenvalue weighted by Crippen LogP contribution is 2.21. The third-order valence-electron chi connectivity index (χ3n) is 3.78. The van der Waals surface area contributed by atoms with Crippen LogP contribution in [0.1, 0.15) is 42.0 Å². The number of para-hydroxylation sites is 1. The number of benzene rings is 2. The maximum absolute atomic E-state index is 4.71. The first-order chi connectivity index (χ1) is 9.72. The molecule has 20 heavy (non-hydrogen) atoms. The number of aryl methyl sites for hydroxylation is 2. The van der Waals surface area contributed by atoms with Crippen molar-refractivity contribution < 1.29 is 0 Å². The van der Waals surface area contributed by atoms with E-state index in [9.17, 15) is 0 Å². The van der Waals surface area contributed by atoms with Crippen molar-refractivity contribution in [1.82, 2.24) is 0 Å². The normalized spacial score (nSPS) is 11.2. The summed E-state index contributed by atoms with van der Waals surface area (Å²) in [5.74, 6) is 0. The summed E-state index contributed by atoms with van der Waals surface area (Å²) in [4.78, 5) is 4.71. The van der Waals surface area contributed by atoms with Gasteiger partial charge in [0.25, 0.3) is 0 Å². The Kier molecular flexibility index (Phi) is 5.11. The third-order valence-corrected chi connectivity index (χ3v) is 3.78. The highest BCUT2D eigenvalue weighted by Gasteiger charge is 2.01. The van der Waals surface area contributed by atoms with E-state index < -0.39 is 0 Å². The molecule has 0 spiro atoms. The van der Waals surface area contributed by atoms with E-state index in [-0.39, 0.29) is 0 Å². The third kappa shape index (κ3) is 3.57. The van der Waals surface area contributed by atoms with E-state index in [2.05, 4.69) is 63.2 Å². The lowest BCUT2D eigenvalue weighted by Crippen LogP contribution is -1.90. The van der Waals surface area contributed by atoms with Crippen LogP contribution in [-0.2, 0) is 6.42 Å². The maximum Gasteiger partial charge on any atom is 0.0661 e. The molecule has 0 atom stereocenters. The second kappa shape index (κ2) is 7.04. The number of nitrogens with zero attached hydrogens (tertiary/aromatic N) is 1. The Bertz CT molecular complexity index is 596. The van der Waals surface area contributed by atoms with Gasteiger partial charge >= 0.3 is 0 Å². The van der Waals surface area contributed by atoms with Crippen LogP contribution in [0.5, 0.6) is 0 Å². The highest BCUT2D eigenvalue weighted by atomic mass is 14.7. The second-order valence-corrected chi connectivity index (χ2v) is 5.28. The van der Waals surface area contributed by atoms with Crippen LogP contribution in [0, 0.1) is 13.8 Å². The van der Waals surface area contributed by atoms with Crippen LogP contribution in [0.2, 0.25) is 0 Å². The fourth-order valence-corrected chi connectivity index (χ4v) is 2.27. The smallest absolute Gasteiger partial charge is 0.0661 e. The SMILES string of the molecule is CCCCc1ccccc1/N=C/c1cccc(C)c1C. The molecule has 0 aliphatic heterocycles. The summed E-state index contributed by atoms with van der Waals surface area (Å²) in [6.07, 6.45) is 5.54. The zero-order chi connectivity index (χ0) is 14.4. The Labute approximate surface area is 122 Å². The van der Waals surface area contributed by atoms with Gasteiger partial charge in [-0.1, -0.05) is 49.7 Å². The summed E-state index contributed by atoms with van der Waals surface area (Å²) in [5.41, 5.74) is 6.27. The summed E-state index contributed by atoms with van der Waals surface area (Å²) in [6.45, 7) is 6.52. The fourth-order valence-electron chi connectivity index (χ4n) is 2.27. The van der Waals surface area contributed by atoms with E-state index in [4.69, 9.17) is 4.99 Å². The summed E-state index contributed by atoms with van der Waals surface area (Å²) in [6, 6.07) is 14.8. The summed E-state index contributed by atoms with van der Waals surface area (Å²) in [5, 5.41) is 0. The molecule has 2 rings (SSSR count). The number of hydrogen-bond acceptors (Lipinski definition) is 1. The average molecular weight is 265 g/mol. The zero-order valence-electron chi connectivity index (χ0n) is 12.7. The Morgan fingerprint density at radius 1 is 1.00 bits per heavy atom. The van der Waals surface area contributed by atoms with Crippen molar-refractivity contribution in [2.45, 2.75) is 40.0 Å². The van der Waals surface area contributed by atoms with E-state index >= 15 is 0 Å². The predicted octanol–water partition coefficient (Wildman–Crippen LogP) is 5.40. The van der Waals surface area contributed by atoms with Gasteiger partial charge in [-0.05, 0) is 55.0 Å². The molecule has 0 aliphatic carbocycles. The van der Waals surface area contributed by atoms with Gasteiger partial charge in [0.05, 0.1) is 5.69 Å². The molecule has 2 aromatic carbocycles. The van der Waals surface area contributed by atoms with Gasteiger partial charge in [0.2, 0.25) is 0 Å². The van der Waals surface area contributed by atoms with Gasteiger partial charge in [-0.25, -0.2) is 0 Å². The molecule has 0 heterocycles. The van der Waals surface area contributed by atoms with Crippen LogP contribution in [0.3, 0.4) is 0 Å². The van der Waals surface area contributed by atoms with Crippen LogP contribution < -0.4 is 0 Å². The zero-order valence-corrected chi connectivity index (χ0v) is 12.7. The van der Waals surface area contributed by atoms with Crippen molar-refractivity contribution in [2.75, 3.05) is 0 Å². The lowest BCUT2D eigenvalue weighted by atomic mass is 10.0. The summed E-state index contributed by atoms with van der Waals surface area (Å²) < 4.78 is 0. The van der Waals surface area contributed by atoms with Crippen molar-refractivity contribution in [3.05, 3.63) is 64.7 Å². The average Bonchev–Trinajstić information content (AvgIpc) is 2.47. The molecular formula is C19H23N. The molecule has 2 aromatic rings. The second-order valence-electron chi connectivity index (χ2n) is 5.28. The van der Waals surface area contributed by atoms with E-state index in [1.165, 1.54) is 35.1 Å². The molecule has 1 heteroatoms.